The van der Waals surface area contributed by atoms with E-state index in [2.05, 4.69) is 46.4 Å². The minimum atomic E-state index is -3.05. The lowest BCUT2D eigenvalue weighted by atomic mass is 10.1. The van der Waals surface area contributed by atoms with Crippen molar-refractivity contribution < 1.29 is 40.9 Å². The smallest absolute Gasteiger partial charge is 0.386 e. The van der Waals surface area contributed by atoms with Gasteiger partial charge in [-0.3, -0.25) is 0 Å². The van der Waals surface area contributed by atoms with Crippen LogP contribution >= 0.6 is 0 Å². The van der Waals surface area contributed by atoms with Crippen molar-refractivity contribution >= 4 is 35.2 Å². The Morgan fingerprint density at radius 2 is 0.742 bits per heavy atom. The summed E-state index contributed by atoms with van der Waals surface area (Å²) in [6.45, 7) is 18.5. The number of hydrogen-bond acceptors (Lipinski definition) is 10. The molecule has 0 saturated carbocycles. The van der Waals surface area contributed by atoms with Crippen LogP contribution in [0.25, 0.3) is 0 Å². The highest BCUT2D eigenvalue weighted by atomic mass is 28.4. The summed E-state index contributed by atoms with van der Waals surface area (Å²) in [6.07, 6.45) is 28.4. The van der Waals surface area contributed by atoms with Crippen LogP contribution in [-0.4, -0.2) is 82.3 Å². The van der Waals surface area contributed by atoms with E-state index in [-0.39, 0.29) is 0 Å². The zero-order chi connectivity index (χ0) is 45.0. The minimum absolute atomic E-state index is 0.326. The first-order valence-corrected chi connectivity index (χ1v) is 29.7. The fraction of sp³-hybridized carbons (Fsp3) is 0.840. The lowest BCUT2D eigenvalue weighted by Gasteiger charge is -2.33. The maximum atomic E-state index is 13.3. The number of benzene rings is 1. The van der Waals surface area contributed by atoms with Gasteiger partial charge in [0, 0.05) is 64.8 Å². The fourth-order valence-electron chi connectivity index (χ4n) is 7.93. The molecule has 0 radical (unpaired) electrons. The van der Waals surface area contributed by atoms with Crippen LogP contribution in [0.5, 0.6) is 0 Å². The molecule has 0 aromatic heterocycles. The Morgan fingerprint density at radius 1 is 0.419 bits per heavy atom. The molecule has 1 aliphatic heterocycles. The van der Waals surface area contributed by atoms with E-state index < -0.39 is 29.5 Å². The van der Waals surface area contributed by atoms with Crippen molar-refractivity contribution in [2.75, 3.05) is 57.6 Å². The molecule has 1 heterocycles. The van der Waals surface area contributed by atoms with E-state index in [9.17, 15) is 9.59 Å². The predicted molar refractivity (Wildman–Crippen MR) is 259 cm³/mol. The Labute approximate surface area is 382 Å². The van der Waals surface area contributed by atoms with E-state index in [1.165, 1.54) is 77.0 Å². The molecule has 0 N–H and O–H groups in total. The van der Waals surface area contributed by atoms with Crippen molar-refractivity contribution in [3.05, 3.63) is 29.3 Å². The minimum Gasteiger partial charge on any atom is -0.386 e. The molecule has 62 heavy (non-hydrogen) atoms. The number of hydrogen-bond donors (Lipinski definition) is 0. The second-order valence-electron chi connectivity index (χ2n) is 17.4. The van der Waals surface area contributed by atoms with E-state index >= 15 is 0 Å². The highest BCUT2D eigenvalue weighted by Gasteiger charge is 2.43. The van der Waals surface area contributed by atoms with Gasteiger partial charge in [-0.05, 0) is 63.5 Å². The summed E-state index contributed by atoms with van der Waals surface area (Å²) in [6, 6.07) is 6.86. The number of carbonyl (C=O) groups excluding carboxylic acids is 2. The lowest BCUT2D eigenvalue weighted by molar-refractivity contribution is 0.0441. The van der Waals surface area contributed by atoms with E-state index in [4.69, 9.17) is 31.3 Å². The van der Waals surface area contributed by atoms with E-state index in [1.807, 2.05) is 12.1 Å². The molecule has 360 valence electrons. The van der Waals surface area contributed by atoms with Gasteiger partial charge in [0.15, 0.2) is 0 Å². The number of rotatable bonds is 45. The van der Waals surface area contributed by atoms with Gasteiger partial charge in [0.1, 0.15) is 0 Å². The summed E-state index contributed by atoms with van der Waals surface area (Å²) < 4.78 is 46.0. The van der Waals surface area contributed by atoms with Crippen molar-refractivity contribution in [1.29, 1.82) is 0 Å². The first kappa shape index (κ1) is 56.5. The molecule has 10 nitrogen and oxygen atoms in total. The summed E-state index contributed by atoms with van der Waals surface area (Å²) >= 11 is 0. The monoisotopic (exact) mass is 908 g/mol. The van der Waals surface area contributed by atoms with E-state index in [0.29, 0.717) is 75.9 Å². The number of anilines is 1. The number of esters is 2. The molecule has 0 bridgehead atoms. The largest absolute Gasteiger partial charge is 0.501 e. The van der Waals surface area contributed by atoms with Gasteiger partial charge in [0.2, 0.25) is 0 Å². The number of fused-ring (bicyclic) bond motifs is 1. The summed E-state index contributed by atoms with van der Waals surface area (Å²) in [5.41, 5.74) is 1.40. The Kier molecular flexibility index (Phi) is 33.3. The molecule has 0 spiro atoms. The Hall–Kier alpha value is -1.65. The molecular weight excluding hydrogens is 815 g/mol. The van der Waals surface area contributed by atoms with Crippen molar-refractivity contribution in [1.82, 2.24) is 0 Å². The van der Waals surface area contributed by atoms with E-state index in [1.54, 1.807) is 6.07 Å². The van der Waals surface area contributed by atoms with Gasteiger partial charge in [-0.15, -0.1) is 0 Å². The molecule has 1 aromatic carbocycles. The molecule has 12 heteroatoms. The Morgan fingerprint density at radius 3 is 1.05 bits per heavy atom. The maximum Gasteiger partial charge on any atom is 0.501 e. The average Bonchev–Trinajstić information content (AvgIpc) is 3.57. The standard InChI is InChI=1S/C50H93NO9Si2/c1-7-13-19-25-38-54-61(55-39-26-20-14-8-2,56-40-27-21-15-9-3)44-32-36-51(47-35-31-34-46-48(47)50(53)60-49(46)52)37-33-45-62(57-41-28-22-16-10-4,58-42-29-23-17-11-5)59-43-30-24-18-12-6/h31,34-35H,7-30,32-33,36-45H2,1-6H3. The van der Waals surface area contributed by atoms with Crippen molar-refractivity contribution in [3.8, 4) is 0 Å². The summed E-state index contributed by atoms with van der Waals surface area (Å²) in [5, 5.41) is 0. The topological polar surface area (TPSA) is 102 Å². The Bertz CT molecular complexity index is 1140. The lowest BCUT2D eigenvalue weighted by Crippen LogP contribution is -2.48. The van der Waals surface area contributed by atoms with Crippen LogP contribution in [0.3, 0.4) is 0 Å². The SMILES string of the molecule is CCCCCCO[Si](CCCN(CCC[Si](OCCCCCC)(OCCCCCC)OCCCCCC)c1cccc2c1C(=O)OC2=O)(OCCCCCC)OCCCCCC. The highest BCUT2D eigenvalue weighted by molar-refractivity contribution is 6.61. The molecule has 0 aliphatic carbocycles. The first-order valence-electron chi connectivity index (χ1n) is 25.8. The first-order chi connectivity index (χ1) is 30.3. The number of ether oxygens (including phenoxy) is 1. The van der Waals surface area contributed by atoms with Gasteiger partial charge in [0.25, 0.3) is 0 Å². The van der Waals surface area contributed by atoms with Gasteiger partial charge in [-0.2, -0.15) is 0 Å². The number of unbranched alkanes of at least 4 members (excludes halogenated alkanes) is 18. The van der Waals surface area contributed by atoms with Gasteiger partial charge < -0.3 is 36.2 Å². The summed E-state index contributed by atoms with van der Waals surface area (Å²) in [5.74, 6) is -1.17. The maximum absolute atomic E-state index is 13.3. The second kappa shape index (κ2) is 36.6. The van der Waals surface area contributed by atoms with Gasteiger partial charge >= 0.3 is 29.5 Å². The second-order valence-corrected chi connectivity index (χ2v) is 22.9. The third kappa shape index (κ3) is 23.5. The molecule has 2 rings (SSSR count). The molecule has 0 unspecified atom stereocenters. The number of cyclic esters (lactones) is 2. The van der Waals surface area contributed by atoms with Crippen LogP contribution in [0.1, 0.15) is 229 Å². The summed E-state index contributed by atoms with van der Waals surface area (Å²) in [7, 11) is -6.10. The molecule has 0 amide bonds. The quantitative estimate of drug-likeness (QED) is 0.0272. The van der Waals surface area contributed by atoms with Gasteiger partial charge in [-0.1, -0.05) is 163 Å². The average molecular weight is 908 g/mol. The van der Waals surface area contributed by atoms with Crippen LogP contribution in [0.4, 0.5) is 5.69 Å². The molecular formula is C50H93NO9Si2. The van der Waals surface area contributed by atoms with Crippen molar-refractivity contribution in [3.63, 3.8) is 0 Å². The third-order valence-corrected chi connectivity index (χ3v) is 17.5. The fourth-order valence-corrected chi connectivity index (χ4v) is 13.2. The molecule has 0 saturated heterocycles. The van der Waals surface area contributed by atoms with Crippen LogP contribution in [0, 0.1) is 0 Å². The number of carbonyl (C=O) groups is 2. The predicted octanol–water partition coefficient (Wildman–Crippen LogP) is 14.0. The van der Waals surface area contributed by atoms with Gasteiger partial charge in [-0.25, -0.2) is 9.59 Å². The van der Waals surface area contributed by atoms with Crippen LogP contribution in [0.15, 0.2) is 18.2 Å². The summed E-state index contributed by atoms with van der Waals surface area (Å²) in [4.78, 5) is 28.3. The zero-order valence-electron chi connectivity index (χ0n) is 40.8. The molecule has 1 aromatic rings. The number of nitrogens with zero attached hydrogens (tertiary/aromatic N) is 1. The molecule has 0 fully saturated rings. The van der Waals surface area contributed by atoms with Crippen molar-refractivity contribution in [2.24, 2.45) is 0 Å². The Balaban J connectivity index is 2.42. The van der Waals surface area contributed by atoms with E-state index in [0.717, 1.165) is 95.6 Å². The van der Waals surface area contributed by atoms with Gasteiger partial charge in [0.05, 0.1) is 16.8 Å². The highest BCUT2D eigenvalue weighted by Crippen LogP contribution is 2.32. The van der Waals surface area contributed by atoms with Crippen molar-refractivity contribution in [2.45, 2.75) is 221 Å². The zero-order valence-corrected chi connectivity index (χ0v) is 42.8. The molecule has 0 atom stereocenters. The van der Waals surface area contributed by atoms with Crippen LogP contribution in [0.2, 0.25) is 12.1 Å². The van der Waals surface area contributed by atoms with Crippen LogP contribution in [-0.2, 0) is 31.3 Å². The van der Waals surface area contributed by atoms with Crippen LogP contribution < -0.4 is 4.90 Å². The normalized spacial score (nSPS) is 13.0. The third-order valence-electron chi connectivity index (χ3n) is 11.7. The molecule has 1 aliphatic rings.